The lowest BCUT2D eigenvalue weighted by Crippen LogP contribution is -2.35. The second kappa shape index (κ2) is 6.48. The quantitative estimate of drug-likeness (QED) is 0.834. The van der Waals surface area contributed by atoms with Crippen molar-refractivity contribution in [2.75, 3.05) is 27.2 Å². The van der Waals surface area contributed by atoms with Gasteiger partial charge in [-0.15, -0.1) is 11.3 Å². The van der Waals surface area contributed by atoms with Crippen LogP contribution in [0.4, 0.5) is 0 Å². The van der Waals surface area contributed by atoms with Gasteiger partial charge in [0.15, 0.2) is 0 Å². The van der Waals surface area contributed by atoms with Gasteiger partial charge in [-0.3, -0.25) is 4.79 Å². The summed E-state index contributed by atoms with van der Waals surface area (Å²) in [7, 11) is 4.10. The first-order valence-corrected chi connectivity index (χ1v) is 7.75. The van der Waals surface area contributed by atoms with Crippen LogP contribution >= 0.6 is 11.3 Å². The fourth-order valence-electron chi connectivity index (χ4n) is 2.48. The van der Waals surface area contributed by atoms with Crippen LogP contribution < -0.4 is 5.32 Å². The van der Waals surface area contributed by atoms with E-state index in [9.17, 15) is 4.79 Å². The SMILES string of the molecule is Cc1nc2c(s1)CC(C(=O)NCCCN(C)C)CC2. The van der Waals surface area contributed by atoms with E-state index in [1.807, 2.05) is 6.92 Å². The highest BCUT2D eigenvalue weighted by molar-refractivity contribution is 7.11. The number of hydrogen-bond acceptors (Lipinski definition) is 4. The number of carbonyl (C=O) groups excluding carboxylic acids is 1. The third kappa shape index (κ3) is 4.01. The Hall–Kier alpha value is -0.940. The Kier molecular flexibility index (Phi) is 4.93. The topological polar surface area (TPSA) is 45.2 Å². The van der Waals surface area contributed by atoms with E-state index in [4.69, 9.17) is 0 Å². The number of aromatic nitrogens is 1. The lowest BCUT2D eigenvalue weighted by molar-refractivity contribution is -0.125. The van der Waals surface area contributed by atoms with Gasteiger partial charge in [0.2, 0.25) is 5.91 Å². The second-order valence-corrected chi connectivity index (χ2v) is 6.78. The molecule has 0 spiro atoms. The number of nitrogens with one attached hydrogen (secondary N) is 1. The van der Waals surface area contributed by atoms with Crippen molar-refractivity contribution in [2.45, 2.75) is 32.6 Å². The van der Waals surface area contributed by atoms with E-state index < -0.39 is 0 Å². The maximum Gasteiger partial charge on any atom is 0.223 e. The van der Waals surface area contributed by atoms with Gasteiger partial charge in [-0.1, -0.05) is 0 Å². The van der Waals surface area contributed by atoms with Crippen LogP contribution in [0.5, 0.6) is 0 Å². The molecule has 5 heteroatoms. The Balaban J connectivity index is 1.78. The molecule has 0 saturated carbocycles. The second-order valence-electron chi connectivity index (χ2n) is 5.49. The van der Waals surface area contributed by atoms with Crippen molar-refractivity contribution in [1.82, 2.24) is 15.2 Å². The van der Waals surface area contributed by atoms with Crippen molar-refractivity contribution in [3.05, 3.63) is 15.6 Å². The molecule has 0 fully saturated rings. The fourth-order valence-corrected chi connectivity index (χ4v) is 3.54. The van der Waals surface area contributed by atoms with Crippen LogP contribution in [0.3, 0.4) is 0 Å². The molecule has 0 bridgehead atoms. The Bertz CT molecular complexity index is 442. The van der Waals surface area contributed by atoms with E-state index in [-0.39, 0.29) is 11.8 Å². The number of carbonyl (C=O) groups is 1. The summed E-state index contributed by atoms with van der Waals surface area (Å²) < 4.78 is 0. The molecule has 0 radical (unpaired) electrons. The zero-order valence-electron chi connectivity index (χ0n) is 12.0. The Morgan fingerprint density at radius 1 is 1.53 bits per heavy atom. The molecule has 2 rings (SSSR count). The van der Waals surface area contributed by atoms with E-state index in [0.717, 1.165) is 43.8 Å². The van der Waals surface area contributed by atoms with Crippen molar-refractivity contribution in [1.29, 1.82) is 0 Å². The zero-order valence-corrected chi connectivity index (χ0v) is 12.8. The van der Waals surface area contributed by atoms with E-state index in [0.29, 0.717) is 0 Å². The maximum atomic E-state index is 12.1. The van der Waals surface area contributed by atoms with Crippen molar-refractivity contribution in [2.24, 2.45) is 5.92 Å². The first-order valence-electron chi connectivity index (χ1n) is 6.94. The highest BCUT2D eigenvalue weighted by Crippen LogP contribution is 2.29. The van der Waals surface area contributed by atoms with Gasteiger partial charge in [-0.25, -0.2) is 4.98 Å². The van der Waals surface area contributed by atoms with Gasteiger partial charge in [0, 0.05) is 17.3 Å². The summed E-state index contributed by atoms with van der Waals surface area (Å²) in [4.78, 5) is 20.1. The minimum absolute atomic E-state index is 0.145. The molecule has 1 aromatic heterocycles. The van der Waals surface area contributed by atoms with Crippen molar-refractivity contribution in [3.63, 3.8) is 0 Å². The Morgan fingerprint density at radius 2 is 2.32 bits per heavy atom. The van der Waals surface area contributed by atoms with Crippen LogP contribution in [0.2, 0.25) is 0 Å². The van der Waals surface area contributed by atoms with E-state index in [1.54, 1.807) is 11.3 Å². The molecule has 1 heterocycles. The number of nitrogens with zero attached hydrogens (tertiary/aromatic N) is 2. The van der Waals surface area contributed by atoms with Crippen LogP contribution in [0.15, 0.2) is 0 Å². The monoisotopic (exact) mass is 281 g/mol. The smallest absolute Gasteiger partial charge is 0.223 e. The number of rotatable bonds is 5. The van der Waals surface area contributed by atoms with Gasteiger partial charge < -0.3 is 10.2 Å². The van der Waals surface area contributed by atoms with Crippen LogP contribution in [0.25, 0.3) is 0 Å². The number of amides is 1. The molecule has 1 unspecified atom stereocenters. The summed E-state index contributed by atoms with van der Waals surface area (Å²) in [5, 5.41) is 4.19. The molecular weight excluding hydrogens is 258 g/mol. The maximum absolute atomic E-state index is 12.1. The van der Waals surface area contributed by atoms with E-state index in [1.165, 1.54) is 10.6 Å². The van der Waals surface area contributed by atoms with Gasteiger partial charge >= 0.3 is 0 Å². The highest BCUT2D eigenvalue weighted by Gasteiger charge is 2.26. The summed E-state index contributed by atoms with van der Waals surface area (Å²) in [5.74, 6) is 0.363. The van der Waals surface area contributed by atoms with Gasteiger partial charge in [-0.05, 0) is 53.2 Å². The summed E-state index contributed by atoms with van der Waals surface area (Å²) in [5.41, 5.74) is 1.22. The zero-order chi connectivity index (χ0) is 13.8. The average molecular weight is 281 g/mol. The van der Waals surface area contributed by atoms with E-state index in [2.05, 4.69) is 29.3 Å². The molecule has 106 valence electrons. The number of hydrogen-bond donors (Lipinski definition) is 1. The standard InChI is InChI=1S/C14H23N3OS/c1-10-16-12-6-5-11(9-13(12)19-10)14(18)15-7-4-8-17(2)3/h11H,4-9H2,1-3H3,(H,15,18). The van der Waals surface area contributed by atoms with Gasteiger partial charge in [0.25, 0.3) is 0 Å². The predicted octanol–water partition coefficient (Wildman–Crippen LogP) is 1.62. The summed E-state index contributed by atoms with van der Waals surface area (Å²) in [6, 6.07) is 0. The average Bonchev–Trinajstić information content (AvgIpc) is 2.73. The molecule has 0 aliphatic heterocycles. The molecule has 0 saturated heterocycles. The largest absolute Gasteiger partial charge is 0.356 e. The lowest BCUT2D eigenvalue weighted by atomic mass is 9.90. The highest BCUT2D eigenvalue weighted by atomic mass is 32.1. The molecule has 4 nitrogen and oxygen atoms in total. The van der Waals surface area contributed by atoms with Crippen LogP contribution in [-0.4, -0.2) is 43.0 Å². The molecule has 1 atom stereocenters. The van der Waals surface area contributed by atoms with Gasteiger partial charge in [0.05, 0.1) is 10.7 Å². The Morgan fingerprint density at radius 3 is 3.05 bits per heavy atom. The molecule has 1 amide bonds. The predicted molar refractivity (Wildman–Crippen MR) is 78.5 cm³/mol. The number of thiazole rings is 1. The molecule has 1 aromatic rings. The minimum atomic E-state index is 0.145. The molecular formula is C14H23N3OS. The summed E-state index contributed by atoms with van der Waals surface area (Å²) in [6.07, 6.45) is 3.78. The normalized spacial score (nSPS) is 18.4. The van der Waals surface area contributed by atoms with Crippen molar-refractivity contribution >= 4 is 17.2 Å². The number of fused-ring (bicyclic) bond motifs is 1. The lowest BCUT2D eigenvalue weighted by Gasteiger charge is -2.20. The first-order chi connectivity index (χ1) is 9.06. The van der Waals surface area contributed by atoms with Gasteiger partial charge in [0.1, 0.15) is 0 Å². The molecule has 1 aliphatic carbocycles. The van der Waals surface area contributed by atoms with Crippen molar-refractivity contribution in [3.8, 4) is 0 Å². The first kappa shape index (κ1) is 14.5. The summed E-state index contributed by atoms with van der Waals surface area (Å²) in [6.45, 7) is 3.84. The van der Waals surface area contributed by atoms with E-state index >= 15 is 0 Å². The van der Waals surface area contributed by atoms with Crippen LogP contribution in [0.1, 0.15) is 28.4 Å². The molecule has 0 aromatic carbocycles. The molecule has 1 aliphatic rings. The minimum Gasteiger partial charge on any atom is -0.356 e. The fraction of sp³-hybridized carbons (Fsp3) is 0.714. The summed E-state index contributed by atoms with van der Waals surface area (Å²) >= 11 is 1.75. The third-order valence-electron chi connectivity index (χ3n) is 3.50. The van der Waals surface area contributed by atoms with Gasteiger partial charge in [-0.2, -0.15) is 0 Å². The Labute approximate surface area is 119 Å². The molecule has 1 N–H and O–H groups in total. The van der Waals surface area contributed by atoms with Crippen LogP contribution in [0, 0.1) is 12.8 Å². The van der Waals surface area contributed by atoms with Crippen LogP contribution in [-0.2, 0) is 17.6 Å². The number of aryl methyl sites for hydroxylation is 2. The third-order valence-corrected chi connectivity index (χ3v) is 4.53. The van der Waals surface area contributed by atoms with Crippen molar-refractivity contribution < 1.29 is 4.79 Å². The molecule has 19 heavy (non-hydrogen) atoms.